The maximum absolute atomic E-state index is 10.4. The van der Waals surface area contributed by atoms with Crippen molar-refractivity contribution in [2.45, 2.75) is 31.5 Å². The molecule has 0 saturated carbocycles. The first-order valence-electron chi connectivity index (χ1n) is 8.59. The van der Waals surface area contributed by atoms with Crippen LogP contribution in [0.15, 0.2) is 36.7 Å². The van der Waals surface area contributed by atoms with Gasteiger partial charge in [-0.3, -0.25) is 9.58 Å². The van der Waals surface area contributed by atoms with E-state index >= 15 is 0 Å². The van der Waals surface area contributed by atoms with Crippen LogP contribution >= 0.6 is 0 Å². The molecule has 1 aromatic carbocycles. The minimum atomic E-state index is -0.428. The third kappa shape index (κ3) is 3.25. The molecule has 2 aromatic rings. The molecule has 4 rings (SSSR count). The van der Waals surface area contributed by atoms with Gasteiger partial charge in [-0.15, -0.1) is 0 Å². The second kappa shape index (κ2) is 6.83. The molecule has 1 fully saturated rings. The minimum absolute atomic E-state index is 0.327. The predicted molar refractivity (Wildman–Crippen MR) is 89.2 cm³/mol. The maximum atomic E-state index is 10.4. The largest absolute Gasteiger partial charge is 0.486 e. The molecule has 0 aliphatic carbocycles. The summed E-state index contributed by atoms with van der Waals surface area (Å²) in [5.74, 6) is 1.66. The number of rotatable bonds is 5. The summed E-state index contributed by atoms with van der Waals surface area (Å²) in [6, 6.07) is 8.42. The predicted octanol–water partition coefficient (Wildman–Crippen LogP) is 1.85. The zero-order valence-electron chi connectivity index (χ0n) is 13.7. The topological polar surface area (TPSA) is 59.8 Å². The molecule has 128 valence electrons. The van der Waals surface area contributed by atoms with E-state index in [4.69, 9.17) is 9.47 Å². The second-order valence-electron chi connectivity index (χ2n) is 6.44. The number of benzene rings is 1. The van der Waals surface area contributed by atoms with E-state index in [0.717, 1.165) is 30.9 Å². The third-order valence-electron chi connectivity index (χ3n) is 4.72. The fourth-order valence-electron chi connectivity index (χ4n) is 3.64. The van der Waals surface area contributed by atoms with E-state index < -0.39 is 6.10 Å². The molecule has 2 aliphatic rings. The molecule has 6 heteroatoms. The molecule has 1 aromatic heterocycles. The molecular formula is C18H23N3O3. The molecule has 2 aliphatic heterocycles. The molecule has 24 heavy (non-hydrogen) atoms. The summed E-state index contributed by atoms with van der Waals surface area (Å²) in [4.78, 5) is 2.36. The quantitative estimate of drug-likeness (QED) is 0.907. The molecule has 0 radical (unpaired) electrons. The van der Waals surface area contributed by atoms with Gasteiger partial charge < -0.3 is 14.6 Å². The van der Waals surface area contributed by atoms with Crippen LogP contribution in [0.25, 0.3) is 0 Å². The standard InChI is InChI=1S/C18H23N3O3/c22-15(13-21-8-2-6-19-21)12-20-7-1-3-16(20)14-4-5-17-18(11-14)24-10-9-23-17/h2,4-6,8,11,15-16,22H,1,3,7,9-10,12-13H2. The zero-order chi connectivity index (χ0) is 16.4. The van der Waals surface area contributed by atoms with Crippen LogP contribution in [0.2, 0.25) is 0 Å². The van der Waals surface area contributed by atoms with Gasteiger partial charge >= 0.3 is 0 Å². The lowest BCUT2D eigenvalue weighted by Gasteiger charge is -2.28. The van der Waals surface area contributed by atoms with Crippen LogP contribution in [-0.4, -0.2) is 52.2 Å². The fourth-order valence-corrected chi connectivity index (χ4v) is 3.64. The third-order valence-corrected chi connectivity index (χ3v) is 4.72. The van der Waals surface area contributed by atoms with Crippen molar-refractivity contribution in [3.8, 4) is 11.5 Å². The fraction of sp³-hybridized carbons (Fsp3) is 0.500. The number of nitrogens with zero attached hydrogens (tertiary/aromatic N) is 3. The summed E-state index contributed by atoms with van der Waals surface area (Å²) in [7, 11) is 0. The van der Waals surface area contributed by atoms with Gasteiger partial charge in [0.25, 0.3) is 0 Å². The van der Waals surface area contributed by atoms with Crippen molar-refractivity contribution in [2.24, 2.45) is 0 Å². The number of likely N-dealkylation sites (tertiary alicyclic amines) is 1. The Kier molecular flexibility index (Phi) is 4.40. The molecule has 6 nitrogen and oxygen atoms in total. The molecule has 2 unspecified atom stereocenters. The van der Waals surface area contributed by atoms with Crippen LogP contribution < -0.4 is 9.47 Å². The molecular weight excluding hydrogens is 306 g/mol. The minimum Gasteiger partial charge on any atom is -0.486 e. The number of β-amino-alcohol motifs (C(OH)–C–C–N with tert-alkyl or cyclic N) is 1. The van der Waals surface area contributed by atoms with Gasteiger partial charge in [0.05, 0.1) is 12.6 Å². The van der Waals surface area contributed by atoms with E-state index in [-0.39, 0.29) is 0 Å². The Hall–Kier alpha value is -2.05. The van der Waals surface area contributed by atoms with Crippen LogP contribution in [0, 0.1) is 0 Å². The van der Waals surface area contributed by atoms with Crippen molar-refractivity contribution in [3.63, 3.8) is 0 Å². The summed E-state index contributed by atoms with van der Waals surface area (Å²) in [5, 5.41) is 14.6. The summed E-state index contributed by atoms with van der Waals surface area (Å²) in [5.41, 5.74) is 1.24. The molecule has 2 atom stereocenters. The Morgan fingerprint density at radius 2 is 2.08 bits per heavy atom. The summed E-state index contributed by atoms with van der Waals surface area (Å²) in [6.07, 6.45) is 5.44. The SMILES string of the molecule is OC(CN1CCCC1c1ccc2c(c1)OCCO2)Cn1cccn1. The molecule has 1 saturated heterocycles. The number of ether oxygens (including phenoxy) is 2. The van der Waals surface area contributed by atoms with Gasteiger partial charge in [0.1, 0.15) is 13.2 Å². The first kappa shape index (κ1) is 15.5. The molecule has 3 heterocycles. The van der Waals surface area contributed by atoms with Gasteiger partial charge in [0, 0.05) is 25.0 Å². The van der Waals surface area contributed by atoms with Crippen molar-refractivity contribution in [2.75, 3.05) is 26.3 Å². The van der Waals surface area contributed by atoms with Gasteiger partial charge in [0.2, 0.25) is 0 Å². The first-order valence-corrected chi connectivity index (χ1v) is 8.59. The number of hydrogen-bond acceptors (Lipinski definition) is 5. The average Bonchev–Trinajstić information content (AvgIpc) is 3.26. The normalized spacial score (nSPS) is 21.8. The van der Waals surface area contributed by atoms with Crippen molar-refractivity contribution >= 4 is 0 Å². The lowest BCUT2D eigenvalue weighted by molar-refractivity contribution is 0.0889. The van der Waals surface area contributed by atoms with Crippen molar-refractivity contribution in [3.05, 3.63) is 42.2 Å². The molecule has 0 amide bonds. The number of aliphatic hydroxyl groups excluding tert-OH is 1. The Morgan fingerprint density at radius 1 is 1.21 bits per heavy atom. The summed E-state index contributed by atoms with van der Waals surface area (Å²) in [6.45, 7) is 3.40. The highest BCUT2D eigenvalue weighted by Crippen LogP contribution is 2.38. The van der Waals surface area contributed by atoms with E-state index in [2.05, 4.69) is 22.1 Å². The highest BCUT2D eigenvalue weighted by molar-refractivity contribution is 5.44. The Morgan fingerprint density at radius 3 is 2.92 bits per heavy atom. The number of hydrogen-bond donors (Lipinski definition) is 1. The Labute approximate surface area is 141 Å². The smallest absolute Gasteiger partial charge is 0.161 e. The van der Waals surface area contributed by atoms with Crippen molar-refractivity contribution in [1.82, 2.24) is 14.7 Å². The van der Waals surface area contributed by atoms with Crippen molar-refractivity contribution in [1.29, 1.82) is 0 Å². The van der Waals surface area contributed by atoms with Gasteiger partial charge in [-0.2, -0.15) is 5.10 Å². The summed E-state index contributed by atoms with van der Waals surface area (Å²) >= 11 is 0. The van der Waals surface area contributed by atoms with Crippen LogP contribution in [-0.2, 0) is 6.54 Å². The van der Waals surface area contributed by atoms with Gasteiger partial charge in [-0.25, -0.2) is 0 Å². The van der Waals surface area contributed by atoms with E-state index in [1.165, 1.54) is 5.56 Å². The van der Waals surface area contributed by atoms with Crippen LogP contribution in [0.3, 0.4) is 0 Å². The number of aliphatic hydroxyl groups is 1. The second-order valence-corrected chi connectivity index (χ2v) is 6.44. The first-order chi connectivity index (χ1) is 11.8. The van der Waals surface area contributed by atoms with E-state index in [0.29, 0.717) is 32.3 Å². The highest BCUT2D eigenvalue weighted by Gasteiger charge is 2.28. The van der Waals surface area contributed by atoms with Gasteiger partial charge in [0.15, 0.2) is 11.5 Å². The monoisotopic (exact) mass is 329 g/mol. The highest BCUT2D eigenvalue weighted by atomic mass is 16.6. The Balaban J connectivity index is 1.44. The number of aromatic nitrogens is 2. The van der Waals surface area contributed by atoms with E-state index in [1.807, 2.05) is 18.3 Å². The van der Waals surface area contributed by atoms with Crippen LogP contribution in [0.5, 0.6) is 11.5 Å². The van der Waals surface area contributed by atoms with Crippen LogP contribution in [0.1, 0.15) is 24.4 Å². The van der Waals surface area contributed by atoms with Gasteiger partial charge in [-0.05, 0) is 43.1 Å². The van der Waals surface area contributed by atoms with Gasteiger partial charge in [-0.1, -0.05) is 6.07 Å². The Bertz CT molecular complexity index is 674. The molecule has 0 bridgehead atoms. The lowest BCUT2D eigenvalue weighted by Crippen LogP contribution is -2.34. The van der Waals surface area contributed by atoms with Crippen LogP contribution in [0.4, 0.5) is 0 Å². The van der Waals surface area contributed by atoms with Crippen molar-refractivity contribution < 1.29 is 14.6 Å². The summed E-state index contributed by atoms with van der Waals surface area (Å²) < 4.78 is 13.1. The zero-order valence-corrected chi connectivity index (χ0v) is 13.7. The van der Waals surface area contributed by atoms with E-state index in [9.17, 15) is 5.11 Å². The molecule has 1 N–H and O–H groups in total. The maximum Gasteiger partial charge on any atom is 0.161 e. The average molecular weight is 329 g/mol. The van der Waals surface area contributed by atoms with E-state index in [1.54, 1.807) is 10.9 Å². The number of fused-ring (bicyclic) bond motifs is 1. The lowest BCUT2D eigenvalue weighted by atomic mass is 10.0. The molecule has 0 spiro atoms.